The fourth-order valence-corrected chi connectivity index (χ4v) is 2.81. The van der Waals surface area contributed by atoms with E-state index in [-0.39, 0.29) is 17.1 Å². The Kier molecular flexibility index (Phi) is 4.99. The number of halogens is 3. The van der Waals surface area contributed by atoms with Gasteiger partial charge in [0.15, 0.2) is 5.13 Å². The second kappa shape index (κ2) is 7.35. The molecule has 0 atom stereocenters. The third-order valence-electron chi connectivity index (χ3n) is 3.17. The number of carbonyl (C=O) groups is 1. The van der Waals surface area contributed by atoms with E-state index < -0.39 is 12.5 Å². The third kappa shape index (κ3) is 4.36. The molecule has 0 aliphatic rings. The number of ether oxygens (including phenoxy) is 1. The van der Waals surface area contributed by atoms with Crippen LogP contribution >= 0.6 is 11.3 Å². The van der Waals surface area contributed by atoms with Gasteiger partial charge >= 0.3 is 6.61 Å². The quantitative estimate of drug-likeness (QED) is 0.707. The van der Waals surface area contributed by atoms with Gasteiger partial charge in [0.05, 0.1) is 5.69 Å². The lowest BCUT2D eigenvalue weighted by Gasteiger charge is -2.06. The average Bonchev–Trinajstić information content (AvgIpc) is 3.03. The summed E-state index contributed by atoms with van der Waals surface area (Å²) >= 11 is 1.17. The van der Waals surface area contributed by atoms with Crippen molar-refractivity contribution < 1.29 is 22.7 Å². The van der Waals surface area contributed by atoms with Crippen molar-refractivity contribution in [1.29, 1.82) is 0 Å². The fraction of sp³-hybridized carbons (Fsp3) is 0.0588. The number of nitrogens with zero attached hydrogens (tertiary/aromatic N) is 1. The minimum atomic E-state index is -2.97. The van der Waals surface area contributed by atoms with Crippen LogP contribution in [0, 0.1) is 5.82 Å². The van der Waals surface area contributed by atoms with Gasteiger partial charge in [-0.1, -0.05) is 18.2 Å². The number of rotatable bonds is 5. The first-order valence-corrected chi connectivity index (χ1v) is 7.97. The molecule has 0 aliphatic heterocycles. The molecule has 1 N–H and O–H groups in total. The van der Waals surface area contributed by atoms with Crippen molar-refractivity contribution in [2.45, 2.75) is 6.61 Å². The number of benzene rings is 2. The summed E-state index contributed by atoms with van der Waals surface area (Å²) in [5.41, 5.74) is 1.26. The van der Waals surface area contributed by atoms with Crippen molar-refractivity contribution in [3.63, 3.8) is 0 Å². The SMILES string of the molecule is O=C(Nc1nc(-c2cccc(F)c2)cs1)c1cccc(OC(F)F)c1. The molecular weight excluding hydrogens is 353 g/mol. The lowest BCUT2D eigenvalue weighted by molar-refractivity contribution is -0.0498. The molecule has 0 spiro atoms. The Labute approximate surface area is 144 Å². The molecule has 0 unspecified atom stereocenters. The molecule has 8 heteroatoms. The molecule has 1 aromatic heterocycles. The molecule has 25 heavy (non-hydrogen) atoms. The number of aromatic nitrogens is 1. The topological polar surface area (TPSA) is 51.2 Å². The van der Waals surface area contributed by atoms with E-state index in [2.05, 4.69) is 15.0 Å². The first-order chi connectivity index (χ1) is 12.0. The van der Waals surface area contributed by atoms with Crippen molar-refractivity contribution in [2.24, 2.45) is 0 Å². The number of amides is 1. The van der Waals surface area contributed by atoms with E-state index in [0.717, 1.165) is 0 Å². The zero-order valence-electron chi connectivity index (χ0n) is 12.6. The average molecular weight is 364 g/mol. The standard InChI is InChI=1S/C17H11F3N2O2S/c18-12-5-1-3-10(7-12)14-9-25-17(21-14)22-15(23)11-4-2-6-13(8-11)24-16(19)20/h1-9,16H,(H,21,22,23). The van der Waals surface area contributed by atoms with Crippen LogP contribution in [0.1, 0.15) is 10.4 Å². The van der Waals surface area contributed by atoms with Crippen LogP contribution in [0.5, 0.6) is 5.75 Å². The first kappa shape index (κ1) is 17.0. The maximum atomic E-state index is 13.3. The first-order valence-electron chi connectivity index (χ1n) is 7.09. The largest absolute Gasteiger partial charge is 0.435 e. The lowest BCUT2D eigenvalue weighted by Crippen LogP contribution is -2.12. The number of carbonyl (C=O) groups excluding carboxylic acids is 1. The van der Waals surface area contributed by atoms with Crippen LogP contribution in [0.3, 0.4) is 0 Å². The Balaban J connectivity index is 1.74. The van der Waals surface area contributed by atoms with Gasteiger partial charge in [-0.05, 0) is 30.3 Å². The fourth-order valence-electron chi connectivity index (χ4n) is 2.09. The maximum absolute atomic E-state index is 13.3. The Morgan fingerprint density at radius 1 is 1.16 bits per heavy atom. The van der Waals surface area contributed by atoms with E-state index in [1.807, 2.05) is 0 Å². The molecule has 0 aliphatic carbocycles. The Morgan fingerprint density at radius 2 is 1.96 bits per heavy atom. The lowest BCUT2D eigenvalue weighted by atomic mass is 10.2. The highest BCUT2D eigenvalue weighted by Crippen LogP contribution is 2.26. The highest BCUT2D eigenvalue weighted by Gasteiger charge is 2.12. The highest BCUT2D eigenvalue weighted by atomic mass is 32.1. The predicted octanol–water partition coefficient (Wildman–Crippen LogP) is 4.80. The maximum Gasteiger partial charge on any atom is 0.387 e. The monoisotopic (exact) mass is 364 g/mol. The van der Waals surface area contributed by atoms with Crippen LogP contribution in [0.25, 0.3) is 11.3 Å². The molecule has 0 saturated carbocycles. The number of hydrogen-bond acceptors (Lipinski definition) is 4. The normalized spacial score (nSPS) is 10.7. The van der Waals surface area contributed by atoms with E-state index in [0.29, 0.717) is 16.4 Å². The van der Waals surface area contributed by atoms with Crippen LogP contribution in [0.2, 0.25) is 0 Å². The van der Waals surface area contributed by atoms with Crippen LogP contribution < -0.4 is 10.1 Å². The predicted molar refractivity (Wildman–Crippen MR) is 88.5 cm³/mol. The Hall–Kier alpha value is -2.87. The smallest absolute Gasteiger partial charge is 0.387 e. The number of thiazole rings is 1. The molecule has 1 amide bonds. The van der Waals surface area contributed by atoms with Gasteiger partial charge in [0.2, 0.25) is 0 Å². The summed E-state index contributed by atoms with van der Waals surface area (Å²) in [6.45, 7) is -2.97. The van der Waals surface area contributed by atoms with Gasteiger partial charge in [0.25, 0.3) is 5.91 Å². The molecule has 0 fully saturated rings. The molecular formula is C17H11F3N2O2S. The van der Waals surface area contributed by atoms with Gasteiger partial charge in [-0.3, -0.25) is 10.1 Å². The molecule has 0 bridgehead atoms. The highest BCUT2D eigenvalue weighted by molar-refractivity contribution is 7.14. The van der Waals surface area contributed by atoms with Gasteiger partial charge in [-0.25, -0.2) is 9.37 Å². The molecule has 3 aromatic rings. The van der Waals surface area contributed by atoms with Crippen molar-refractivity contribution in [2.75, 3.05) is 5.32 Å². The molecule has 0 saturated heterocycles. The number of anilines is 1. The molecule has 3 rings (SSSR count). The van der Waals surface area contributed by atoms with E-state index in [4.69, 9.17) is 0 Å². The van der Waals surface area contributed by atoms with Gasteiger partial charge in [-0.2, -0.15) is 8.78 Å². The van der Waals surface area contributed by atoms with Gasteiger partial charge in [-0.15, -0.1) is 11.3 Å². The van der Waals surface area contributed by atoms with Crippen molar-refractivity contribution >= 4 is 22.4 Å². The Morgan fingerprint density at radius 3 is 2.72 bits per heavy atom. The van der Waals surface area contributed by atoms with Gasteiger partial charge in [0, 0.05) is 16.5 Å². The molecule has 128 valence electrons. The van der Waals surface area contributed by atoms with Crippen LogP contribution in [0.15, 0.2) is 53.9 Å². The number of nitrogens with one attached hydrogen (secondary N) is 1. The molecule has 2 aromatic carbocycles. The Bertz CT molecular complexity index is 899. The summed E-state index contributed by atoms with van der Waals surface area (Å²) in [7, 11) is 0. The molecule has 0 radical (unpaired) electrons. The van der Waals surface area contributed by atoms with E-state index in [1.165, 1.54) is 47.7 Å². The van der Waals surface area contributed by atoms with Crippen LogP contribution in [-0.2, 0) is 0 Å². The number of hydrogen-bond donors (Lipinski definition) is 1. The van der Waals surface area contributed by atoms with Gasteiger partial charge < -0.3 is 4.74 Å². The van der Waals surface area contributed by atoms with E-state index in [9.17, 15) is 18.0 Å². The zero-order chi connectivity index (χ0) is 17.8. The third-order valence-corrected chi connectivity index (χ3v) is 3.92. The minimum Gasteiger partial charge on any atom is -0.435 e. The molecule has 4 nitrogen and oxygen atoms in total. The summed E-state index contributed by atoms with van der Waals surface area (Å²) in [6, 6.07) is 11.4. The van der Waals surface area contributed by atoms with Crippen LogP contribution in [0.4, 0.5) is 18.3 Å². The second-order valence-electron chi connectivity index (χ2n) is 4.91. The second-order valence-corrected chi connectivity index (χ2v) is 5.77. The summed E-state index contributed by atoms with van der Waals surface area (Å²) in [4.78, 5) is 16.4. The number of alkyl halides is 2. The summed E-state index contributed by atoms with van der Waals surface area (Å²) < 4.78 is 42.0. The van der Waals surface area contributed by atoms with Crippen molar-refractivity contribution in [3.8, 4) is 17.0 Å². The van der Waals surface area contributed by atoms with E-state index in [1.54, 1.807) is 17.5 Å². The summed E-state index contributed by atoms with van der Waals surface area (Å²) in [5.74, 6) is -1.01. The van der Waals surface area contributed by atoms with Crippen molar-refractivity contribution in [1.82, 2.24) is 4.98 Å². The van der Waals surface area contributed by atoms with E-state index >= 15 is 0 Å². The summed E-state index contributed by atoms with van der Waals surface area (Å²) in [6.07, 6.45) is 0. The zero-order valence-corrected chi connectivity index (χ0v) is 13.4. The summed E-state index contributed by atoms with van der Waals surface area (Å²) in [5, 5.41) is 4.57. The van der Waals surface area contributed by atoms with Gasteiger partial charge in [0.1, 0.15) is 11.6 Å². The minimum absolute atomic E-state index is 0.109. The van der Waals surface area contributed by atoms with Crippen LogP contribution in [-0.4, -0.2) is 17.5 Å². The van der Waals surface area contributed by atoms with Crippen molar-refractivity contribution in [3.05, 3.63) is 65.3 Å². The molecule has 1 heterocycles.